The second-order valence-electron chi connectivity index (χ2n) is 6.95. The zero-order valence-corrected chi connectivity index (χ0v) is 16.3. The predicted molar refractivity (Wildman–Crippen MR) is 108 cm³/mol. The van der Waals surface area contributed by atoms with E-state index >= 15 is 0 Å². The Kier molecular flexibility index (Phi) is 7.00. The number of amides is 1. The summed E-state index contributed by atoms with van der Waals surface area (Å²) in [5.74, 6) is -0.0531. The molecule has 1 unspecified atom stereocenters. The average Bonchev–Trinajstić information content (AvgIpc) is 3.27. The maximum Gasteiger partial charge on any atom is 0.311 e. The molecule has 6 heteroatoms. The van der Waals surface area contributed by atoms with Crippen molar-refractivity contribution < 1.29 is 14.3 Å². The lowest BCUT2D eigenvalue weighted by Crippen LogP contribution is -2.35. The summed E-state index contributed by atoms with van der Waals surface area (Å²) in [4.78, 5) is 31.4. The quantitative estimate of drug-likeness (QED) is 0.712. The fourth-order valence-electron chi connectivity index (χ4n) is 3.37. The number of carbonyl (C=O) groups is 2. The number of anilines is 1. The van der Waals surface area contributed by atoms with Gasteiger partial charge in [-0.05, 0) is 43.9 Å². The number of ether oxygens (including phenoxy) is 1. The van der Waals surface area contributed by atoms with Gasteiger partial charge in [0.2, 0.25) is 0 Å². The van der Waals surface area contributed by atoms with Crippen molar-refractivity contribution in [2.24, 2.45) is 5.92 Å². The Bertz CT molecular complexity index is 771. The van der Waals surface area contributed by atoms with Crippen LogP contribution in [0.15, 0.2) is 48.7 Å². The third-order valence-corrected chi connectivity index (χ3v) is 4.89. The normalized spacial score (nSPS) is 14.5. The SMILES string of the molecule is CCOC(=O)C(CNC(=O)c1ccc(N2CCCC2)nc1)Cc1ccccc1. The van der Waals surface area contributed by atoms with Gasteiger partial charge < -0.3 is 15.0 Å². The van der Waals surface area contributed by atoms with Crippen LogP contribution in [-0.4, -0.2) is 43.1 Å². The van der Waals surface area contributed by atoms with Crippen LogP contribution in [0.5, 0.6) is 0 Å². The topological polar surface area (TPSA) is 71.5 Å². The van der Waals surface area contributed by atoms with Crippen LogP contribution in [0, 0.1) is 5.92 Å². The van der Waals surface area contributed by atoms with Crippen molar-refractivity contribution in [2.45, 2.75) is 26.2 Å². The molecule has 1 aliphatic rings. The number of hydrogen-bond acceptors (Lipinski definition) is 5. The minimum Gasteiger partial charge on any atom is -0.466 e. The second kappa shape index (κ2) is 9.88. The van der Waals surface area contributed by atoms with Gasteiger partial charge in [0.05, 0.1) is 18.1 Å². The molecular formula is C22H27N3O3. The molecule has 6 nitrogen and oxygen atoms in total. The number of benzene rings is 1. The first-order valence-corrected chi connectivity index (χ1v) is 9.87. The number of nitrogens with zero attached hydrogens (tertiary/aromatic N) is 2. The monoisotopic (exact) mass is 381 g/mol. The van der Waals surface area contributed by atoms with E-state index in [4.69, 9.17) is 4.74 Å². The molecule has 0 radical (unpaired) electrons. The molecule has 1 atom stereocenters. The summed E-state index contributed by atoms with van der Waals surface area (Å²) < 4.78 is 5.18. The van der Waals surface area contributed by atoms with Crippen molar-refractivity contribution in [3.8, 4) is 0 Å². The van der Waals surface area contributed by atoms with Crippen LogP contribution < -0.4 is 10.2 Å². The molecule has 1 aliphatic heterocycles. The first-order valence-electron chi connectivity index (χ1n) is 9.87. The molecule has 148 valence electrons. The molecule has 0 aliphatic carbocycles. The highest BCUT2D eigenvalue weighted by Gasteiger charge is 2.22. The summed E-state index contributed by atoms with van der Waals surface area (Å²) in [6.45, 7) is 4.35. The Hall–Kier alpha value is -2.89. The van der Waals surface area contributed by atoms with Crippen LogP contribution in [-0.2, 0) is 16.0 Å². The minimum atomic E-state index is -0.428. The molecule has 2 heterocycles. The molecule has 1 amide bonds. The third-order valence-electron chi connectivity index (χ3n) is 4.89. The van der Waals surface area contributed by atoms with Crippen molar-refractivity contribution in [1.29, 1.82) is 0 Å². The van der Waals surface area contributed by atoms with E-state index in [-0.39, 0.29) is 18.4 Å². The highest BCUT2D eigenvalue weighted by molar-refractivity contribution is 5.94. The van der Waals surface area contributed by atoms with Gasteiger partial charge in [0, 0.05) is 25.8 Å². The molecule has 3 rings (SSSR count). The fourth-order valence-corrected chi connectivity index (χ4v) is 3.37. The predicted octanol–water partition coefficient (Wildman–Crippen LogP) is 2.83. The van der Waals surface area contributed by atoms with E-state index in [0.29, 0.717) is 18.6 Å². The summed E-state index contributed by atoms with van der Waals surface area (Å²) in [7, 11) is 0. The molecule has 0 spiro atoms. The van der Waals surface area contributed by atoms with E-state index in [2.05, 4.69) is 15.2 Å². The van der Waals surface area contributed by atoms with Gasteiger partial charge in [-0.15, -0.1) is 0 Å². The van der Waals surface area contributed by atoms with Crippen molar-refractivity contribution in [3.63, 3.8) is 0 Å². The molecule has 1 saturated heterocycles. The van der Waals surface area contributed by atoms with Gasteiger partial charge in [-0.1, -0.05) is 30.3 Å². The standard InChI is InChI=1S/C22H27N3O3/c1-2-28-22(27)19(14-17-8-4-3-5-9-17)16-24-21(26)18-10-11-20(23-15-18)25-12-6-7-13-25/h3-5,8-11,15,19H,2,6-7,12-14,16H2,1H3,(H,24,26). The first kappa shape index (κ1) is 19.9. The van der Waals surface area contributed by atoms with Gasteiger partial charge in [-0.3, -0.25) is 9.59 Å². The van der Waals surface area contributed by atoms with Gasteiger partial charge in [0.1, 0.15) is 5.82 Å². The van der Waals surface area contributed by atoms with Crippen molar-refractivity contribution >= 4 is 17.7 Å². The van der Waals surface area contributed by atoms with E-state index in [0.717, 1.165) is 24.5 Å². The van der Waals surface area contributed by atoms with E-state index < -0.39 is 5.92 Å². The van der Waals surface area contributed by atoms with Crippen molar-refractivity contribution in [1.82, 2.24) is 10.3 Å². The third kappa shape index (κ3) is 5.31. The fraction of sp³-hybridized carbons (Fsp3) is 0.409. The molecule has 1 aromatic carbocycles. The number of hydrogen-bond donors (Lipinski definition) is 1. The highest BCUT2D eigenvalue weighted by atomic mass is 16.5. The lowest BCUT2D eigenvalue weighted by molar-refractivity contribution is -0.147. The van der Waals surface area contributed by atoms with Gasteiger partial charge in [-0.25, -0.2) is 4.98 Å². The maximum atomic E-state index is 12.5. The lowest BCUT2D eigenvalue weighted by atomic mass is 9.99. The van der Waals surface area contributed by atoms with Crippen LogP contribution in [0.1, 0.15) is 35.7 Å². The van der Waals surface area contributed by atoms with Crippen LogP contribution in [0.3, 0.4) is 0 Å². The van der Waals surface area contributed by atoms with Gasteiger partial charge in [0.15, 0.2) is 0 Å². The Labute approximate surface area is 165 Å². The molecule has 0 saturated carbocycles. The Balaban J connectivity index is 1.59. The Morgan fingerprint density at radius 1 is 1.14 bits per heavy atom. The van der Waals surface area contributed by atoms with Crippen LogP contribution in [0.2, 0.25) is 0 Å². The number of pyridine rings is 1. The first-order chi connectivity index (χ1) is 13.7. The zero-order chi connectivity index (χ0) is 19.8. The smallest absolute Gasteiger partial charge is 0.311 e. The van der Waals surface area contributed by atoms with E-state index in [1.807, 2.05) is 36.4 Å². The van der Waals surface area contributed by atoms with E-state index in [9.17, 15) is 9.59 Å². The van der Waals surface area contributed by atoms with Gasteiger partial charge >= 0.3 is 5.97 Å². The summed E-state index contributed by atoms with van der Waals surface area (Å²) in [6.07, 6.45) is 4.48. The molecule has 1 aromatic heterocycles. The maximum absolute atomic E-state index is 12.5. The van der Waals surface area contributed by atoms with Crippen molar-refractivity contribution in [2.75, 3.05) is 31.1 Å². The van der Waals surface area contributed by atoms with E-state index in [1.54, 1.807) is 19.2 Å². The summed E-state index contributed by atoms with van der Waals surface area (Å²) >= 11 is 0. The zero-order valence-electron chi connectivity index (χ0n) is 16.3. The molecule has 28 heavy (non-hydrogen) atoms. The lowest BCUT2D eigenvalue weighted by Gasteiger charge is -2.17. The number of aromatic nitrogens is 1. The molecule has 0 bridgehead atoms. The Morgan fingerprint density at radius 2 is 1.89 bits per heavy atom. The summed E-state index contributed by atoms with van der Waals surface area (Å²) in [5.41, 5.74) is 1.52. The molecule has 1 N–H and O–H groups in total. The molecule has 1 fully saturated rings. The minimum absolute atomic E-state index is 0.223. The number of esters is 1. The number of rotatable bonds is 8. The van der Waals surface area contributed by atoms with Gasteiger partial charge in [-0.2, -0.15) is 0 Å². The van der Waals surface area contributed by atoms with Crippen LogP contribution >= 0.6 is 0 Å². The van der Waals surface area contributed by atoms with Gasteiger partial charge in [0.25, 0.3) is 5.91 Å². The highest BCUT2D eigenvalue weighted by Crippen LogP contribution is 2.17. The molecule has 2 aromatic rings. The van der Waals surface area contributed by atoms with Crippen molar-refractivity contribution in [3.05, 3.63) is 59.8 Å². The number of carbonyl (C=O) groups excluding carboxylic acids is 2. The largest absolute Gasteiger partial charge is 0.466 e. The Morgan fingerprint density at radius 3 is 2.54 bits per heavy atom. The second-order valence-corrected chi connectivity index (χ2v) is 6.95. The number of nitrogens with one attached hydrogen (secondary N) is 1. The summed E-state index contributed by atoms with van der Waals surface area (Å²) in [5, 5.41) is 2.85. The summed E-state index contributed by atoms with van der Waals surface area (Å²) in [6, 6.07) is 13.4. The van der Waals surface area contributed by atoms with E-state index in [1.165, 1.54) is 12.8 Å². The molecular weight excluding hydrogens is 354 g/mol. The van der Waals surface area contributed by atoms with Crippen LogP contribution in [0.4, 0.5) is 5.82 Å². The van der Waals surface area contributed by atoms with Crippen LogP contribution in [0.25, 0.3) is 0 Å². The average molecular weight is 381 g/mol.